The molecule has 5 aliphatic rings. The van der Waals surface area contributed by atoms with Crippen molar-refractivity contribution in [2.45, 2.75) is 73.0 Å². The highest BCUT2D eigenvalue weighted by Gasteiger charge is 2.43. The number of para-hydroxylation sites is 3. The highest BCUT2D eigenvalue weighted by atomic mass is 32.2. The van der Waals surface area contributed by atoms with Crippen LogP contribution in [0.25, 0.3) is 22.3 Å². The van der Waals surface area contributed by atoms with Crippen molar-refractivity contribution in [3.8, 4) is 22.3 Å². The molecule has 258 valence electrons. The Hall–Kier alpha value is -4.90. The largest absolute Gasteiger partial charge is 0.312 e. The van der Waals surface area contributed by atoms with Crippen molar-refractivity contribution in [2.75, 3.05) is 9.80 Å². The van der Waals surface area contributed by atoms with Crippen LogP contribution >= 0.6 is 23.5 Å². The number of hydrogen-bond donors (Lipinski definition) is 0. The third-order valence-electron chi connectivity index (χ3n) is 12.4. The van der Waals surface area contributed by atoms with E-state index in [0.29, 0.717) is 0 Å². The average Bonchev–Trinajstić information content (AvgIpc) is 3.53. The average molecular weight is 721 g/mol. The smallest absolute Gasteiger partial charge is 0.0601 e. The first-order chi connectivity index (χ1) is 25.7. The number of thioether (sulfide) groups is 1. The first-order valence-electron chi connectivity index (χ1n) is 18.8. The summed E-state index contributed by atoms with van der Waals surface area (Å²) < 4.78 is 0. The Labute approximate surface area is 321 Å². The zero-order valence-electron chi connectivity index (χ0n) is 30.7. The molecule has 0 spiro atoms. The number of rotatable bonds is 2. The molecule has 6 aromatic rings. The molecule has 0 unspecified atom stereocenters. The van der Waals surface area contributed by atoms with Gasteiger partial charge in [0.05, 0.1) is 17.1 Å². The number of fused-ring (bicyclic) bond motifs is 9. The fraction of sp³-hybridized carbons (Fsp3) is 0.184. The van der Waals surface area contributed by atoms with E-state index in [9.17, 15) is 0 Å². The standard InChI is InChI=1S/C49H40N2S2/c1-29-24-31(51-41-16-8-12-20-45(41)53-46-21-13-9-17-42(46)51)26-38-47(29)34-28-36-33(27-37(34)49(38,4)5)32-23-22-30(25-35(32)48(36,2)3)50-39-14-6-10-18-43(39)52-44-19-11-7-15-40(44)50/h6-8,10-16,18-28H,9,17H2,1-5H3. The lowest BCUT2D eigenvalue weighted by Gasteiger charge is -2.36. The van der Waals surface area contributed by atoms with Gasteiger partial charge in [0.25, 0.3) is 0 Å². The number of anilines is 5. The van der Waals surface area contributed by atoms with Crippen LogP contribution in [0.4, 0.5) is 28.4 Å². The van der Waals surface area contributed by atoms with Crippen molar-refractivity contribution in [1.29, 1.82) is 0 Å². The molecule has 11 rings (SSSR count). The van der Waals surface area contributed by atoms with Gasteiger partial charge in [0.15, 0.2) is 0 Å². The SMILES string of the molecule is Cc1cc(N2C3=C(C=CCC3)Sc3ccccc32)cc2c1-c1cc3c(cc1C2(C)C)-c1ccc(N2c4ccccc4Sc4ccccc42)cc1C3(C)C. The Balaban J connectivity index is 1.04. The Morgan fingerprint density at radius 2 is 1.09 bits per heavy atom. The van der Waals surface area contributed by atoms with E-state index in [1.54, 1.807) is 0 Å². The van der Waals surface area contributed by atoms with Crippen LogP contribution in [0.2, 0.25) is 0 Å². The van der Waals surface area contributed by atoms with Gasteiger partial charge in [-0.3, -0.25) is 0 Å². The Kier molecular flexibility index (Phi) is 6.60. The second-order valence-corrected chi connectivity index (χ2v) is 18.3. The molecule has 0 radical (unpaired) electrons. The van der Waals surface area contributed by atoms with Gasteiger partial charge >= 0.3 is 0 Å². The fourth-order valence-electron chi connectivity index (χ4n) is 9.74. The molecule has 0 N–H and O–H groups in total. The van der Waals surface area contributed by atoms with E-state index in [4.69, 9.17) is 0 Å². The molecule has 4 heteroatoms. The maximum absolute atomic E-state index is 2.56. The van der Waals surface area contributed by atoms with Crippen molar-refractivity contribution in [3.63, 3.8) is 0 Å². The first kappa shape index (κ1) is 31.6. The minimum absolute atomic E-state index is 0.139. The van der Waals surface area contributed by atoms with Crippen molar-refractivity contribution < 1.29 is 0 Å². The summed E-state index contributed by atoms with van der Waals surface area (Å²) in [6, 6.07) is 43.8. The second kappa shape index (κ2) is 11.1. The molecule has 2 aliphatic heterocycles. The van der Waals surface area contributed by atoms with E-state index >= 15 is 0 Å². The molecular formula is C49H40N2S2. The van der Waals surface area contributed by atoms with Gasteiger partial charge in [-0.05, 0) is 143 Å². The Morgan fingerprint density at radius 1 is 0.528 bits per heavy atom. The molecule has 0 bridgehead atoms. The molecule has 53 heavy (non-hydrogen) atoms. The van der Waals surface area contributed by atoms with Gasteiger partial charge in [0.2, 0.25) is 0 Å². The summed E-state index contributed by atoms with van der Waals surface area (Å²) >= 11 is 3.78. The van der Waals surface area contributed by atoms with E-state index in [-0.39, 0.29) is 10.8 Å². The maximum atomic E-state index is 2.56. The lowest BCUT2D eigenvalue weighted by Crippen LogP contribution is -2.23. The van der Waals surface area contributed by atoms with Gasteiger partial charge in [-0.1, -0.05) is 106 Å². The highest BCUT2D eigenvalue weighted by Crippen LogP contribution is 2.60. The molecule has 2 nitrogen and oxygen atoms in total. The van der Waals surface area contributed by atoms with Crippen LogP contribution in [-0.4, -0.2) is 0 Å². The van der Waals surface area contributed by atoms with Crippen molar-refractivity contribution in [2.24, 2.45) is 0 Å². The molecular weight excluding hydrogens is 681 g/mol. The summed E-state index contributed by atoms with van der Waals surface area (Å²) in [5.74, 6) is 0. The maximum Gasteiger partial charge on any atom is 0.0601 e. The minimum Gasteiger partial charge on any atom is -0.312 e. The number of benzene rings is 6. The topological polar surface area (TPSA) is 6.48 Å². The quantitative estimate of drug-likeness (QED) is 0.175. The fourth-order valence-corrected chi connectivity index (χ4v) is 11.9. The van der Waals surface area contributed by atoms with Gasteiger partial charge in [-0.2, -0.15) is 0 Å². The number of allylic oxidation sites excluding steroid dienone is 3. The van der Waals surface area contributed by atoms with E-state index in [1.165, 1.54) is 104 Å². The lowest BCUT2D eigenvalue weighted by atomic mass is 9.79. The lowest BCUT2D eigenvalue weighted by molar-refractivity contribution is 0.652. The molecule has 2 heterocycles. The molecule has 0 atom stereocenters. The van der Waals surface area contributed by atoms with Crippen LogP contribution in [0, 0.1) is 6.92 Å². The third kappa shape index (κ3) is 4.37. The summed E-state index contributed by atoms with van der Waals surface area (Å²) in [6.45, 7) is 12.1. The monoisotopic (exact) mass is 720 g/mol. The summed E-state index contributed by atoms with van der Waals surface area (Å²) in [5.41, 5.74) is 20.0. The number of nitrogens with zero attached hydrogens (tertiary/aromatic N) is 2. The molecule has 0 saturated heterocycles. The third-order valence-corrected chi connectivity index (χ3v) is 14.7. The first-order valence-corrected chi connectivity index (χ1v) is 20.5. The normalized spacial score (nSPS) is 17.7. The molecule has 6 aromatic carbocycles. The number of hydrogen-bond acceptors (Lipinski definition) is 4. The van der Waals surface area contributed by atoms with Crippen LogP contribution in [0.15, 0.2) is 153 Å². The van der Waals surface area contributed by atoms with Crippen LogP contribution in [-0.2, 0) is 10.8 Å². The van der Waals surface area contributed by atoms with Crippen LogP contribution in [0.1, 0.15) is 68.4 Å². The van der Waals surface area contributed by atoms with Gasteiger partial charge in [0, 0.05) is 47.5 Å². The number of aryl methyl sites for hydroxylation is 1. The predicted molar refractivity (Wildman–Crippen MR) is 225 cm³/mol. The van der Waals surface area contributed by atoms with Crippen LogP contribution in [0.3, 0.4) is 0 Å². The van der Waals surface area contributed by atoms with Crippen molar-refractivity contribution in [3.05, 3.63) is 166 Å². The summed E-state index contributed by atoms with van der Waals surface area (Å²) in [5, 5.41) is 0. The minimum atomic E-state index is -0.146. The van der Waals surface area contributed by atoms with Crippen molar-refractivity contribution in [1.82, 2.24) is 0 Å². The second-order valence-electron chi connectivity index (χ2n) is 16.1. The van der Waals surface area contributed by atoms with E-state index in [2.05, 4.69) is 172 Å². The highest BCUT2D eigenvalue weighted by molar-refractivity contribution is 8.03. The molecule has 0 fully saturated rings. The van der Waals surface area contributed by atoms with Gasteiger partial charge in [-0.15, -0.1) is 0 Å². The molecule has 0 aromatic heterocycles. The molecule has 3 aliphatic carbocycles. The zero-order valence-corrected chi connectivity index (χ0v) is 32.4. The van der Waals surface area contributed by atoms with E-state index in [1.807, 2.05) is 23.5 Å². The summed E-state index contributed by atoms with van der Waals surface area (Å²) in [7, 11) is 0. The zero-order chi connectivity index (χ0) is 35.8. The van der Waals surface area contributed by atoms with Gasteiger partial charge < -0.3 is 9.80 Å². The van der Waals surface area contributed by atoms with Gasteiger partial charge in [-0.25, -0.2) is 0 Å². The summed E-state index contributed by atoms with van der Waals surface area (Å²) in [4.78, 5) is 10.3. The molecule has 0 saturated carbocycles. The van der Waals surface area contributed by atoms with Gasteiger partial charge in [0.1, 0.15) is 0 Å². The summed E-state index contributed by atoms with van der Waals surface area (Å²) in [6.07, 6.45) is 6.81. The van der Waals surface area contributed by atoms with E-state index in [0.717, 1.165) is 12.8 Å². The Morgan fingerprint density at radius 3 is 1.81 bits per heavy atom. The van der Waals surface area contributed by atoms with E-state index < -0.39 is 0 Å². The van der Waals surface area contributed by atoms with Crippen molar-refractivity contribution >= 4 is 52.0 Å². The predicted octanol–water partition coefficient (Wildman–Crippen LogP) is 14.3. The van der Waals surface area contributed by atoms with Crippen LogP contribution < -0.4 is 9.80 Å². The van der Waals surface area contributed by atoms with Crippen LogP contribution in [0.5, 0.6) is 0 Å². The Bertz CT molecular complexity index is 2610. The molecule has 0 amide bonds.